The van der Waals surface area contributed by atoms with E-state index in [1.165, 1.54) is 26.6 Å². The number of furan rings is 1. The number of amides is 1. The van der Waals surface area contributed by atoms with E-state index in [0.29, 0.717) is 11.6 Å². The Hall–Kier alpha value is -4.27. The highest BCUT2D eigenvalue weighted by Gasteiger charge is 2.19. The van der Waals surface area contributed by atoms with Gasteiger partial charge < -0.3 is 19.2 Å². The van der Waals surface area contributed by atoms with Gasteiger partial charge in [-0.25, -0.2) is 18.4 Å². The van der Waals surface area contributed by atoms with E-state index in [1.807, 2.05) is 6.92 Å². The number of guanidine groups is 1. The highest BCUT2D eigenvalue weighted by Crippen LogP contribution is 2.29. The van der Waals surface area contributed by atoms with Crippen molar-refractivity contribution in [2.45, 2.75) is 26.7 Å². The summed E-state index contributed by atoms with van der Waals surface area (Å²) in [4.78, 5) is 28.7. The number of hydrogen-bond donors (Lipinski definition) is 3. The molecule has 3 aromatic heterocycles. The van der Waals surface area contributed by atoms with Crippen LogP contribution in [0.5, 0.6) is 11.8 Å². The number of anilines is 1. The van der Waals surface area contributed by atoms with Crippen LogP contribution in [0, 0.1) is 6.92 Å². The van der Waals surface area contributed by atoms with Crippen molar-refractivity contribution in [3.63, 3.8) is 0 Å². The average Bonchev–Trinajstić information content (AvgIpc) is 3.32. The predicted octanol–water partition coefficient (Wildman–Crippen LogP) is 1.02. The van der Waals surface area contributed by atoms with Gasteiger partial charge >= 0.3 is 5.91 Å². The molecule has 0 aromatic carbocycles. The van der Waals surface area contributed by atoms with Crippen molar-refractivity contribution in [1.29, 1.82) is 0 Å². The van der Waals surface area contributed by atoms with E-state index in [2.05, 4.69) is 40.5 Å². The first kappa shape index (κ1) is 26.3. The van der Waals surface area contributed by atoms with Crippen LogP contribution in [0.15, 0.2) is 39.7 Å². The third kappa shape index (κ3) is 7.11. The van der Waals surface area contributed by atoms with Gasteiger partial charge in [0.2, 0.25) is 17.7 Å². The first-order valence-electron chi connectivity index (χ1n) is 10.7. The summed E-state index contributed by atoms with van der Waals surface area (Å²) in [7, 11) is -1.36. The minimum Gasteiger partial charge on any atom is -0.479 e. The molecule has 0 saturated heterocycles. The van der Waals surface area contributed by atoms with Crippen LogP contribution in [0.25, 0.3) is 0 Å². The molecule has 0 saturated carbocycles. The van der Waals surface area contributed by atoms with Crippen molar-refractivity contribution >= 4 is 27.6 Å². The number of carbonyl (C=O) groups is 1. The molecule has 3 heterocycles. The highest BCUT2D eigenvalue weighted by atomic mass is 32.2. The van der Waals surface area contributed by atoms with E-state index in [9.17, 15) is 13.2 Å². The molecule has 0 aliphatic carbocycles. The number of carbonyl (C=O) groups excluding carboxylic acids is 1. The Balaban J connectivity index is 1.84. The molecule has 0 spiro atoms. The smallest absolute Gasteiger partial charge is 0.305 e. The molecule has 36 heavy (non-hydrogen) atoms. The Labute approximate surface area is 207 Å². The number of hydrogen-bond acceptors (Lipinski definition) is 10. The molecule has 3 aromatic rings. The van der Waals surface area contributed by atoms with Crippen LogP contribution in [0.1, 0.15) is 34.6 Å². The van der Waals surface area contributed by atoms with Gasteiger partial charge in [0.25, 0.3) is 10.0 Å². The zero-order valence-corrected chi connectivity index (χ0v) is 20.9. The van der Waals surface area contributed by atoms with E-state index >= 15 is 0 Å². The van der Waals surface area contributed by atoms with Gasteiger partial charge in [-0.3, -0.25) is 15.6 Å². The second-order valence-corrected chi connectivity index (χ2v) is 8.97. The summed E-state index contributed by atoms with van der Waals surface area (Å²) in [5.41, 5.74) is 5.79. The van der Waals surface area contributed by atoms with Gasteiger partial charge in [-0.1, -0.05) is 6.92 Å². The van der Waals surface area contributed by atoms with Crippen molar-refractivity contribution in [3.05, 3.63) is 53.8 Å². The number of methoxy groups -OCH3 is 2. The molecule has 1 amide bonds. The van der Waals surface area contributed by atoms with Gasteiger partial charge in [0.1, 0.15) is 17.9 Å². The first-order valence-corrected chi connectivity index (χ1v) is 12.3. The van der Waals surface area contributed by atoms with Gasteiger partial charge in [-0.15, -0.1) is 4.40 Å². The Bertz CT molecular complexity index is 1300. The highest BCUT2D eigenvalue weighted by molar-refractivity contribution is 7.90. The normalized spacial score (nSPS) is 11.6. The molecule has 0 unspecified atom stereocenters. The lowest BCUT2D eigenvalue weighted by Gasteiger charge is -2.15. The maximum Gasteiger partial charge on any atom is 0.305 e. The second kappa shape index (κ2) is 11.9. The molecule has 0 atom stereocenters. The number of nitrogens with one attached hydrogen (secondary N) is 3. The third-order valence-corrected chi connectivity index (χ3v) is 5.83. The number of rotatable bonds is 9. The monoisotopic (exact) mass is 518 g/mol. The van der Waals surface area contributed by atoms with Gasteiger partial charge in [0, 0.05) is 18.8 Å². The standard InChI is InChI=1S/C21H26N8O6S/c1-5-14-10-22-16(23-11-14)8-9-36(31,32)29-21(28-27-18(30)15-7-6-13(2)35-15)26-17-19(33-3)24-12-25-20(17)34-4/h6-7,10-12H,5,8-9H2,1-4H3,(H,27,30)(H2,26,28,29). The van der Waals surface area contributed by atoms with Crippen molar-refractivity contribution in [2.75, 3.05) is 25.3 Å². The third-order valence-electron chi connectivity index (χ3n) is 4.65. The minimum absolute atomic E-state index is 0.00749. The van der Waals surface area contributed by atoms with Crippen LogP contribution in [-0.4, -0.2) is 60.2 Å². The minimum atomic E-state index is -4.08. The van der Waals surface area contributed by atoms with E-state index in [0.717, 1.165) is 12.0 Å². The topological polar surface area (TPSA) is 183 Å². The number of aryl methyl sites for hydroxylation is 3. The summed E-state index contributed by atoms with van der Waals surface area (Å²) in [6.45, 7) is 3.64. The van der Waals surface area contributed by atoms with Gasteiger partial charge in [-0.2, -0.15) is 9.97 Å². The van der Waals surface area contributed by atoms with E-state index in [4.69, 9.17) is 13.9 Å². The fourth-order valence-corrected chi connectivity index (χ4v) is 3.70. The Kier molecular flexibility index (Phi) is 8.72. The van der Waals surface area contributed by atoms with E-state index in [-0.39, 0.29) is 35.6 Å². The Morgan fingerprint density at radius 3 is 2.28 bits per heavy atom. The zero-order valence-electron chi connectivity index (χ0n) is 20.1. The Morgan fingerprint density at radius 1 is 1.06 bits per heavy atom. The molecule has 0 aliphatic heterocycles. The number of hydrazine groups is 1. The molecule has 192 valence electrons. The number of ether oxygens (including phenoxy) is 2. The number of aromatic nitrogens is 4. The number of sulfonamides is 1. The molecular weight excluding hydrogens is 492 g/mol. The van der Waals surface area contributed by atoms with Crippen LogP contribution in [0.3, 0.4) is 0 Å². The molecule has 14 nitrogen and oxygen atoms in total. The molecule has 3 N–H and O–H groups in total. The molecule has 15 heteroatoms. The molecule has 0 aliphatic rings. The lowest BCUT2D eigenvalue weighted by Crippen LogP contribution is -2.45. The van der Waals surface area contributed by atoms with E-state index < -0.39 is 21.7 Å². The summed E-state index contributed by atoms with van der Waals surface area (Å²) < 4.78 is 45.0. The fraction of sp³-hybridized carbons (Fsp3) is 0.333. The maximum atomic E-state index is 12.8. The summed E-state index contributed by atoms with van der Waals surface area (Å²) in [6.07, 6.45) is 5.29. The lowest BCUT2D eigenvalue weighted by atomic mass is 10.3. The average molecular weight is 519 g/mol. The van der Waals surface area contributed by atoms with Crippen LogP contribution in [0.4, 0.5) is 5.69 Å². The second-order valence-electron chi connectivity index (χ2n) is 7.22. The molecule has 0 radical (unpaired) electrons. The van der Waals surface area contributed by atoms with Crippen molar-refractivity contribution in [1.82, 2.24) is 30.8 Å². The molecular formula is C21H26N8O6S. The number of nitrogens with zero attached hydrogens (tertiary/aromatic N) is 5. The van der Waals surface area contributed by atoms with E-state index in [1.54, 1.807) is 25.4 Å². The van der Waals surface area contributed by atoms with Gasteiger partial charge in [-0.05, 0) is 31.0 Å². The Morgan fingerprint density at radius 2 is 1.72 bits per heavy atom. The molecule has 0 bridgehead atoms. The lowest BCUT2D eigenvalue weighted by molar-refractivity contribution is 0.0914. The SMILES string of the molecule is CCc1cnc(CCS(=O)(=O)N=C(NNC(=O)c2ccc(C)o2)Nc2c(OC)ncnc2OC)nc1. The summed E-state index contributed by atoms with van der Waals surface area (Å²) in [6, 6.07) is 3.08. The van der Waals surface area contributed by atoms with Gasteiger partial charge in [0.15, 0.2) is 11.4 Å². The zero-order chi connectivity index (χ0) is 26.1. The quantitative estimate of drug-likeness (QED) is 0.208. The molecule has 0 fully saturated rings. The summed E-state index contributed by atoms with van der Waals surface area (Å²) >= 11 is 0. The summed E-state index contributed by atoms with van der Waals surface area (Å²) in [5.74, 6) is -0.446. The largest absolute Gasteiger partial charge is 0.479 e. The van der Waals surface area contributed by atoms with Crippen LogP contribution in [-0.2, 0) is 22.9 Å². The first-order chi connectivity index (χ1) is 17.2. The predicted molar refractivity (Wildman–Crippen MR) is 129 cm³/mol. The van der Waals surface area contributed by atoms with Crippen LogP contribution >= 0.6 is 0 Å². The maximum absolute atomic E-state index is 12.8. The van der Waals surface area contributed by atoms with Crippen LogP contribution < -0.4 is 25.6 Å². The molecule has 3 rings (SSSR count). The summed E-state index contributed by atoms with van der Waals surface area (Å²) in [5, 5.41) is 2.71. The fourth-order valence-electron chi connectivity index (χ4n) is 2.80. The van der Waals surface area contributed by atoms with Crippen molar-refractivity contribution in [3.8, 4) is 11.8 Å². The van der Waals surface area contributed by atoms with Gasteiger partial charge in [0.05, 0.1) is 20.0 Å². The van der Waals surface area contributed by atoms with Crippen molar-refractivity contribution < 1.29 is 27.1 Å². The van der Waals surface area contributed by atoms with Crippen LogP contribution in [0.2, 0.25) is 0 Å². The van der Waals surface area contributed by atoms with Crippen molar-refractivity contribution in [2.24, 2.45) is 4.40 Å².